The number of ether oxygens (including phenoxy) is 4. The van der Waals surface area contributed by atoms with Gasteiger partial charge in [0.2, 0.25) is 0 Å². The SMILES string of the molecule is CCCCOCCOCCOC=C(C)c1cccc(C(C)=COCCC)c1. The third-order valence-corrected chi connectivity index (χ3v) is 3.98. The summed E-state index contributed by atoms with van der Waals surface area (Å²) >= 11 is 0. The molecule has 0 amide bonds. The van der Waals surface area contributed by atoms with Gasteiger partial charge in [-0.25, -0.2) is 0 Å². The Morgan fingerprint density at radius 3 is 1.89 bits per heavy atom. The van der Waals surface area contributed by atoms with E-state index >= 15 is 0 Å². The molecule has 0 heterocycles. The quantitative estimate of drug-likeness (QED) is 0.291. The lowest BCUT2D eigenvalue weighted by Crippen LogP contribution is -2.08. The molecular formula is C23H36O4. The summed E-state index contributed by atoms with van der Waals surface area (Å²) in [5.74, 6) is 0. The monoisotopic (exact) mass is 376 g/mol. The van der Waals surface area contributed by atoms with Gasteiger partial charge in [-0.3, -0.25) is 0 Å². The van der Waals surface area contributed by atoms with Crippen molar-refractivity contribution in [1.29, 1.82) is 0 Å². The van der Waals surface area contributed by atoms with Crippen LogP contribution in [-0.4, -0.2) is 39.6 Å². The lowest BCUT2D eigenvalue weighted by Gasteiger charge is -2.08. The van der Waals surface area contributed by atoms with Gasteiger partial charge in [0, 0.05) is 6.61 Å². The fourth-order valence-electron chi connectivity index (χ4n) is 2.31. The molecule has 0 saturated heterocycles. The van der Waals surface area contributed by atoms with Gasteiger partial charge in [-0.15, -0.1) is 0 Å². The van der Waals surface area contributed by atoms with E-state index in [9.17, 15) is 0 Å². The molecule has 0 atom stereocenters. The molecule has 0 unspecified atom stereocenters. The Labute approximate surface area is 165 Å². The van der Waals surface area contributed by atoms with Crippen molar-refractivity contribution in [2.45, 2.75) is 47.0 Å². The summed E-state index contributed by atoms with van der Waals surface area (Å²) in [6.07, 6.45) is 6.91. The second kappa shape index (κ2) is 15.3. The van der Waals surface area contributed by atoms with Crippen LogP contribution < -0.4 is 0 Å². The molecule has 1 aromatic rings. The molecule has 0 aromatic heterocycles. The van der Waals surface area contributed by atoms with Crippen molar-refractivity contribution >= 4 is 11.1 Å². The average Bonchev–Trinajstić information content (AvgIpc) is 2.69. The molecule has 152 valence electrons. The van der Waals surface area contributed by atoms with Crippen LogP contribution in [0.1, 0.15) is 58.1 Å². The zero-order chi connectivity index (χ0) is 19.7. The summed E-state index contributed by atoms with van der Waals surface area (Å²) in [6.45, 7) is 12.3. The van der Waals surface area contributed by atoms with Crippen LogP contribution in [-0.2, 0) is 18.9 Å². The Bertz CT molecular complexity index is 563. The standard InChI is InChI=1S/C23H36O4/c1-5-7-12-24-13-14-25-15-16-27-19-21(4)23-10-8-9-22(17-23)20(3)18-26-11-6-2/h8-10,17-19H,5-7,11-16H2,1-4H3. The summed E-state index contributed by atoms with van der Waals surface area (Å²) in [6, 6.07) is 8.39. The van der Waals surface area contributed by atoms with Crippen molar-refractivity contribution in [2.75, 3.05) is 39.6 Å². The van der Waals surface area contributed by atoms with Gasteiger partial charge in [-0.2, -0.15) is 0 Å². The van der Waals surface area contributed by atoms with Crippen LogP contribution in [0.3, 0.4) is 0 Å². The van der Waals surface area contributed by atoms with Gasteiger partial charge < -0.3 is 18.9 Å². The molecule has 0 spiro atoms. The molecule has 27 heavy (non-hydrogen) atoms. The number of allylic oxidation sites excluding steroid dienone is 2. The van der Waals surface area contributed by atoms with Gasteiger partial charge >= 0.3 is 0 Å². The van der Waals surface area contributed by atoms with Crippen molar-refractivity contribution in [1.82, 2.24) is 0 Å². The molecule has 0 radical (unpaired) electrons. The van der Waals surface area contributed by atoms with Crippen LogP contribution in [0.25, 0.3) is 11.1 Å². The first-order chi connectivity index (χ1) is 13.2. The molecule has 1 rings (SSSR count). The molecule has 4 nitrogen and oxygen atoms in total. The van der Waals surface area contributed by atoms with Crippen molar-refractivity contribution in [3.05, 3.63) is 47.9 Å². The van der Waals surface area contributed by atoms with E-state index in [0.29, 0.717) is 26.4 Å². The maximum absolute atomic E-state index is 5.61. The first kappa shape index (κ1) is 23.3. The van der Waals surface area contributed by atoms with Crippen molar-refractivity contribution < 1.29 is 18.9 Å². The Balaban J connectivity index is 2.33. The highest BCUT2D eigenvalue weighted by atomic mass is 16.5. The van der Waals surface area contributed by atoms with Crippen LogP contribution in [0.5, 0.6) is 0 Å². The lowest BCUT2D eigenvalue weighted by molar-refractivity contribution is 0.0300. The van der Waals surface area contributed by atoms with Crippen LogP contribution in [0.4, 0.5) is 0 Å². The maximum Gasteiger partial charge on any atom is 0.111 e. The molecule has 0 N–H and O–H groups in total. The van der Waals surface area contributed by atoms with Crippen molar-refractivity contribution in [3.63, 3.8) is 0 Å². The molecule has 1 aromatic carbocycles. The molecular weight excluding hydrogens is 340 g/mol. The highest BCUT2D eigenvalue weighted by molar-refractivity contribution is 5.70. The van der Waals surface area contributed by atoms with Crippen LogP contribution >= 0.6 is 0 Å². The van der Waals surface area contributed by atoms with E-state index in [1.54, 1.807) is 6.26 Å². The van der Waals surface area contributed by atoms with Gasteiger partial charge in [-0.1, -0.05) is 38.5 Å². The first-order valence-electron chi connectivity index (χ1n) is 10.0. The zero-order valence-corrected chi connectivity index (χ0v) is 17.5. The minimum Gasteiger partial charge on any atom is -0.501 e. The first-order valence-corrected chi connectivity index (χ1v) is 10.0. The third kappa shape index (κ3) is 10.8. The number of unbranched alkanes of at least 4 members (excludes halogenated alkanes) is 1. The summed E-state index contributed by atoms with van der Waals surface area (Å²) in [5.41, 5.74) is 4.50. The summed E-state index contributed by atoms with van der Waals surface area (Å²) in [5, 5.41) is 0. The maximum atomic E-state index is 5.61. The van der Waals surface area contributed by atoms with E-state index in [1.165, 1.54) is 0 Å². The van der Waals surface area contributed by atoms with Crippen molar-refractivity contribution in [3.8, 4) is 0 Å². The van der Waals surface area contributed by atoms with Crippen molar-refractivity contribution in [2.24, 2.45) is 0 Å². The smallest absolute Gasteiger partial charge is 0.111 e. The molecule has 0 fully saturated rings. The molecule has 0 bridgehead atoms. The van der Waals surface area contributed by atoms with Crippen LogP contribution in [0.2, 0.25) is 0 Å². The second-order valence-electron chi connectivity index (χ2n) is 6.50. The Morgan fingerprint density at radius 2 is 1.30 bits per heavy atom. The van der Waals surface area contributed by atoms with E-state index in [4.69, 9.17) is 18.9 Å². The molecule has 0 aliphatic carbocycles. The van der Waals surface area contributed by atoms with E-state index in [0.717, 1.165) is 54.7 Å². The lowest BCUT2D eigenvalue weighted by atomic mass is 10.0. The molecule has 0 aliphatic heterocycles. The van der Waals surface area contributed by atoms with Gasteiger partial charge in [0.25, 0.3) is 0 Å². The minimum atomic E-state index is 0.537. The number of hydrogen-bond acceptors (Lipinski definition) is 4. The van der Waals surface area contributed by atoms with Crippen LogP contribution in [0.15, 0.2) is 36.8 Å². The number of benzene rings is 1. The summed E-state index contributed by atoms with van der Waals surface area (Å²) in [4.78, 5) is 0. The molecule has 4 heteroatoms. The van der Waals surface area contributed by atoms with E-state index in [2.05, 4.69) is 45.0 Å². The highest BCUT2D eigenvalue weighted by Crippen LogP contribution is 2.20. The molecule has 0 saturated carbocycles. The number of hydrogen-bond donors (Lipinski definition) is 0. The average molecular weight is 377 g/mol. The second-order valence-corrected chi connectivity index (χ2v) is 6.50. The Hall–Kier alpha value is -1.78. The summed E-state index contributed by atoms with van der Waals surface area (Å²) in [7, 11) is 0. The topological polar surface area (TPSA) is 36.9 Å². The predicted molar refractivity (Wildman–Crippen MR) is 112 cm³/mol. The summed E-state index contributed by atoms with van der Waals surface area (Å²) < 4.78 is 22.1. The Kier molecular flexibility index (Phi) is 13.2. The zero-order valence-electron chi connectivity index (χ0n) is 17.5. The fourth-order valence-corrected chi connectivity index (χ4v) is 2.31. The predicted octanol–water partition coefficient (Wildman–Crippen LogP) is 5.68. The highest BCUT2D eigenvalue weighted by Gasteiger charge is 2.01. The molecule has 0 aliphatic rings. The van der Waals surface area contributed by atoms with Crippen LogP contribution in [0, 0.1) is 0 Å². The van der Waals surface area contributed by atoms with Gasteiger partial charge in [0.1, 0.15) is 6.61 Å². The fraction of sp³-hybridized carbons (Fsp3) is 0.565. The third-order valence-electron chi connectivity index (χ3n) is 3.98. The van der Waals surface area contributed by atoms with E-state index in [1.807, 2.05) is 13.2 Å². The Morgan fingerprint density at radius 1 is 0.741 bits per heavy atom. The van der Waals surface area contributed by atoms with E-state index in [-0.39, 0.29) is 0 Å². The largest absolute Gasteiger partial charge is 0.501 e. The van der Waals surface area contributed by atoms with Gasteiger partial charge in [0.15, 0.2) is 0 Å². The van der Waals surface area contributed by atoms with Gasteiger partial charge in [0.05, 0.1) is 39.0 Å². The van der Waals surface area contributed by atoms with Gasteiger partial charge in [-0.05, 0) is 55.0 Å². The van der Waals surface area contributed by atoms with E-state index < -0.39 is 0 Å². The normalized spacial score (nSPS) is 12.3. The number of rotatable bonds is 15. The minimum absolute atomic E-state index is 0.537.